The molecule has 1 atom stereocenters. The molecule has 8 heteroatoms. The molecule has 1 N–H and O–H groups in total. The Balaban J connectivity index is 2.17. The zero-order chi connectivity index (χ0) is 16.3. The SMILES string of the molecule is CCOC(=O)C(O)c1ccc(OC)c(OC2CS(=O)(=O)C2)c1. The minimum Gasteiger partial charge on any atom is -0.493 e. The first-order chi connectivity index (χ1) is 10.4. The van der Waals surface area contributed by atoms with Gasteiger partial charge in [0, 0.05) is 0 Å². The number of sulfone groups is 1. The maximum absolute atomic E-state index is 11.6. The lowest BCUT2D eigenvalue weighted by molar-refractivity contribution is -0.153. The van der Waals surface area contributed by atoms with Crippen molar-refractivity contribution in [3.63, 3.8) is 0 Å². The summed E-state index contributed by atoms with van der Waals surface area (Å²) in [4.78, 5) is 11.6. The van der Waals surface area contributed by atoms with Gasteiger partial charge in [-0.15, -0.1) is 0 Å². The number of ether oxygens (including phenoxy) is 3. The highest BCUT2D eigenvalue weighted by atomic mass is 32.2. The minimum absolute atomic E-state index is 0.0548. The average Bonchev–Trinajstić information content (AvgIpc) is 2.44. The van der Waals surface area contributed by atoms with Crippen LogP contribution in [0.4, 0.5) is 0 Å². The van der Waals surface area contributed by atoms with Gasteiger partial charge in [-0.05, 0) is 24.6 Å². The van der Waals surface area contributed by atoms with Crippen LogP contribution in [-0.2, 0) is 19.4 Å². The van der Waals surface area contributed by atoms with Crippen molar-refractivity contribution in [2.24, 2.45) is 0 Å². The topological polar surface area (TPSA) is 99.1 Å². The van der Waals surface area contributed by atoms with Crippen LogP contribution in [0.1, 0.15) is 18.6 Å². The van der Waals surface area contributed by atoms with Crippen molar-refractivity contribution in [2.75, 3.05) is 25.2 Å². The van der Waals surface area contributed by atoms with Gasteiger partial charge in [-0.3, -0.25) is 0 Å². The first kappa shape index (κ1) is 16.6. The van der Waals surface area contributed by atoms with Gasteiger partial charge >= 0.3 is 5.97 Å². The third-order valence-electron chi connectivity index (χ3n) is 3.19. The molecule has 1 aromatic rings. The van der Waals surface area contributed by atoms with E-state index in [1.165, 1.54) is 19.2 Å². The zero-order valence-electron chi connectivity index (χ0n) is 12.3. The standard InChI is InChI=1S/C14H18O7S/c1-3-20-14(16)13(15)9-4-5-11(19-2)12(6-9)21-10-7-22(17,18)8-10/h4-6,10,13,15H,3,7-8H2,1-2H3. The minimum atomic E-state index is -3.01. The summed E-state index contributed by atoms with van der Waals surface area (Å²) in [7, 11) is -1.56. The second-order valence-electron chi connectivity index (χ2n) is 4.88. The fourth-order valence-corrected chi connectivity index (χ4v) is 3.25. The molecule has 2 rings (SSSR count). The quantitative estimate of drug-likeness (QED) is 0.757. The van der Waals surface area contributed by atoms with Crippen LogP contribution >= 0.6 is 0 Å². The molecule has 0 aromatic heterocycles. The van der Waals surface area contributed by atoms with E-state index in [-0.39, 0.29) is 29.4 Å². The summed E-state index contributed by atoms with van der Waals surface area (Å²) in [5.41, 5.74) is 0.288. The Morgan fingerprint density at radius 1 is 1.36 bits per heavy atom. The lowest BCUT2D eigenvalue weighted by Crippen LogP contribution is -2.45. The molecule has 1 aromatic carbocycles. The molecular weight excluding hydrogens is 312 g/mol. The number of aliphatic hydroxyl groups excluding tert-OH is 1. The second-order valence-corrected chi connectivity index (χ2v) is 7.04. The predicted molar refractivity (Wildman–Crippen MR) is 77.7 cm³/mol. The lowest BCUT2D eigenvalue weighted by atomic mass is 10.1. The molecule has 0 bridgehead atoms. The fourth-order valence-electron chi connectivity index (χ4n) is 2.08. The Labute approximate surface area is 128 Å². The largest absolute Gasteiger partial charge is 0.493 e. The van der Waals surface area contributed by atoms with E-state index < -0.39 is 28.0 Å². The maximum atomic E-state index is 11.6. The van der Waals surface area contributed by atoms with Crippen LogP contribution < -0.4 is 9.47 Å². The van der Waals surface area contributed by atoms with Gasteiger partial charge in [-0.25, -0.2) is 13.2 Å². The van der Waals surface area contributed by atoms with E-state index in [4.69, 9.17) is 14.2 Å². The number of carbonyl (C=O) groups excluding carboxylic acids is 1. The molecule has 122 valence electrons. The van der Waals surface area contributed by atoms with E-state index in [2.05, 4.69) is 0 Å². The van der Waals surface area contributed by atoms with Gasteiger partial charge in [0.2, 0.25) is 0 Å². The van der Waals surface area contributed by atoms with Crippen molar-refractivity contribution < 1.29 is 32.5 Å². The van der Waals surface area contributed by atoms with Gasteiger partial charge < -0.3 is 19.3 Å². The van der Waals surface area contributed by atoms with Crippen LogP contribution in [0.25, 0.3) is 0 Å². The molecule has 1 aliphatic heterocycles. The van der Waals surface area contributed by atoms with Gasteiger partial charge in [-0.1, -0.05) is 6.07 Å². The molecule has 1 saturated heterocycles. The summed E-state index contributed by atoms with van der Waals surface area (Å²) in [6.45, 7) is 1.81. The Morgan fingerprint density at radius 3 is 2.59 bits per heavy atom. The smallest absolute Gasteiger partial charge is 0.339 e. The normalized spacial score (nSPS) is 18.1. The highest BCUT2D eigenvalue weighted by Crippen LogP contribution is 2.33. The summed E-state index contributed by atoms with van der Waals surface area (Å²) >= 11 is 0. The average molecular weight is 330 g/mol. The fraction of sp³-hybridized carbons (Fsp3) is 0.500. The van der Waals surface area contributed by atoms with E-state index in [9.17, 15) is 18.3 Å². The molecule has 22 heavy (non-hydrogen) atoms. The van der Waals surface area contributed by atoms with E-state index in [1.807, 2.05) is 0 Å². The van der Waals surface area contributed by atoms with Crippen molar-refractivity contribution in [3.8, 4) is 11.5 Å². The van der Waals surface area contributed by atoms with Crippen LogP contribution in [0.15, 0.2) is 18.2 Å². The molecule has 0 radical (unpaired) electrons. The van der Waals surface area contributed by atoms with E-state index in [1.54, 1.807) is 13.0 Å². The van der Waals surface area contributed by atoms with Gasteiger partial charge in [0.15, 0.2) is 27.4 Å². The molecule has 7 nitrogen and oxygen atoms in total. The number of aliphatic hydroxyl groups is 1. The van der Waals surface area contributed by atoms with Gasteiger partial charge in [0.05, 0.1) is 25.2 Å². The molecule has 1 aliphatic rings. The highest BCUT2D eigenvalue weighted by Gasteiger charge is 2.36. The number of rotatable bonds is 6. The van der Waals surface area contributed by atoms with Gasteiger partial charge in [0.1, 0.15) is 6.10 Å². The summed E-state index contributed by atoms with van der Waals surface area (Å²) in [6, 6.07) is 4.51. The van der Waals surface area contributed by atoms with Gasteiger partial charge in [0.25, 0.3) is 0 Å². The second kappa shape index (κ2) is 6.53. The maximum Gasteiger partial charge on any atom is 0.339 e. The monoisotopic (exact) mass is 330 g/mol. The number of methoxy groups -OCH3 is 1. The lowest BCUT2D eigenvalue weighted by Gasteiger charge is -2.27. The molecule has 0 amide bonds. The number of hydrogen-bond acceptors (Lipinski definition) is 7. The summed E-state index contributed by atoms with van der Waals surface area (Å²) in [5, 5.41) is 9.93. The molecule has 1 heterocycles. The van der Waals surface area contributed by atoms with Crippen LogP contribution in [0.3, 0.4) is 0 Å². The van der Waals surface area contributed by atoms with Crippen molar-refractivity contribution in [1.82, 2.24) is 0 Å². The van der Waals surface area contributed by atoms with Crippen LogP contribution in [0.5, 0.6) is 11.5 Å². The van der Waals surface area contributed by atoms with Crippen molar-refractivity contribution >= 4 is 15.8 Å². The van der Waals surface area contributed by atoms with Crippen molar-refractivity contribution in [3.05, 3.63) is 23.8 Å². The Bertz CT molecular complexity index is 641. The number of benzene rings is 1. The third kappa shape index (κ3) is 3.69. The predicted octanol–water partition coefficient (Wildman–Crippen LogP) is 0.468. The summed E-state index contributed by atoms with van der Waals surface area (Å²) in [6.07, 6.45) is -1.88. The van der Waals surface area contributed by atoms with Crippen LogP contribution in [0.2, 0.25) is 0 Å². The molecular formula is C14H18O7S. The Hall–Kier alpha value is -1.80. The molecule has 0 spiro atoms. The zero-order valence-corrected chi connectivity index (χ0v) is 13.1. The van der Waals surface area contributed by atoms with Crippen molar-refractivity contribution in [1.29, 1.82) is 0 Å². The van der Waals surface area contributed by atoms with Crippen LogP contribution in [-0.4, -0.2) is 50.8 Å². The number of carbonyl (C=O) groups is 1. The Morgan fingerprint density at radius 2 is 2.05 bits per heavy atom. The summed E-state index contributed by atoms with van der Waals surface area (Å²) in [5.74, 6) is -0.195. The summed E-state index contributed by atoms with van der Waals surface area (Å²) < 4.78 is 37.8. The molecule has 1 fully saturated rings. The Kier molecular flexibility index (Phi) is 4.92. The van der Waals surface area contributed by atoms with E-state index >= 15 is 0 Å². The van der Waals surface area contributed by atoms with E-state index in [0.29, 0.717) is 5.75 Å². The molecule has 0 saturated carbocycles. The molecule has 0 aliphatic carbocycles. The van der Waals surface area contributed by atoms with Crippen LogP contribution in [0, 0.1) is 0 Å². The first-order valence-electron chi connectivity index (χ1n) is 6.76. The van der Waals surface area contributed by atoms with Gasteiger partial charge in [-0.2, -0.15) is 0 Å². The highest BCUT2D eigenvalue weighted by molar-refractivity contribution is 7.92. The number of esters is 1. The van der Waals surface area contributed by atoms with E-state index in [0.717, 1.165) is 0 Å². The third-order valence-corrected chi connectivity index (χ3v) is 4.95. The molecule has 1 unspecified atom stereocenters. The first-order valence-corrected chi connectivity index (χ1v) is 8.58. The van der Waals surface area contributed by atoms with Crippen molar-refractivity contribution in [2.45, 2.75) is 19.1 Å². The number of hydrogen-bond donors (Lipinski definition) is 1.